The Labute approximate surface area is 258 Å². The quantitative estimate of drug-likeness (QED) is 0.175. The van der Waals surface area contributed by atoms with Crippen LogP contribution in [0.5, 0.6) is 5.75 Å². The van der Waals surface area contributed by atoms with E-state index in [-0.39, 0.29) is 41.4 Å². The van der Waals surface area contributed by atoms with Crippen LogP contribution < -0.4 is 10.4 Å². The third-order valence-corrected chi connectivity index (χ3v) is 9.64. The number of allylic oxidation sites excluding steroid dienone is 2. The molecule has 0 saturated carbocycles. The summed E-state index contributed by atoms with van der Waals surface area (Å²) >= 11 is 0. The van der Waals surface area contributed by atoms with Gasteiger partial charge in [0.2, 0.25) is 11.8 Å². The highest BCUT2D eigenvalue weighted by Crippen LogP contribution is 2.51. The summed E-state index contributed by atoms with van der Waals surface area (Å²) in [6.45, 7) is 4.16. The van der Waals surface area contributed by atoms with E-state index in [1.54, 1.807) is 18.2 Å². The number of imide groups is 1. The van der Waals surface area contributed by atoms with Crippen molar-refractivity contribution in [1.29, 1.82) is 0 Å². The Morgan fingerprint density at radius 3 is 2.52 bits per heavy atom. The minimum atomic E-state index is -1.72. The summed E-state index contributed by atoms with van der Waals surface area (Å²) < 4.78 is 6.16. The van der Waals surface area contributed by atoms with Gasteiger partial charge in [-0.3, -0.25) is 14.5 Å². The lowest BCUT2D eigenvalue weighted by molar-refractivity contribution is -0.122. The second kappa shape index (κ2) is 12.4. The zero-order chi connectivity index (χ0) is 31.1. The van der Waals surface area contributed by atoms with Crippen molar-refractivity contribution in [3.05, 3.63) is 82.9 Å². The lowest BCUT2D eigenvalue weighted by atomic mass is 9.58. The molecular formula is C34H37B2NO7. The Balaban J connectivity index is 1.28. The fourth-order valence-corrected chi connectivity index (χ4v) is 7.50. The number of carbonyl (C=O) groups excluding carboxylic acids is 2. The number of phenolic OH excluding ortho intramolecular Hbond substituents is 1. The fraction of sp³-hybridized carbons (Fsp3) is 0.353. The number of phenols is 1. The van der Waals surface area contributed by atoms with E-state index in [2.05, 4.69) is 19.9 Å². The van der Waals surface area contributed by atoms with Gasteiger partial charge in [0.05, 0.1) is 23.6 Å². The highest BCUT2D eigenvalue weighted by molar-refractivity contribution is 6.58. The SMILES string of the molecule is CCC1=C2[C@@H](CC/C(=C/c3ccc(O)c4ccccc34)CC)OB(O)C[C@@H]2[C@@H]2C(=O)N(c3cccc(B(O)O)c3)C(=O)[C@@H]2C1. The molecule has 2 aliphatic heterocycles. The molecule has 0 aromatic heterocycles. The van der Waals surface area contributed by atoms with Gasteiger partial charge in [0.15, 0.2) is 0 Å². The number of nitrogens with zero attached hydrogens (tertiary/aromatic N) is 1. The summed E-state index contributed by atoms with van der Waals surface area (Å²) in [5.41, 5.74) is 4.92. The predicted octanol–water partition coefficient (Wildman–Crippen LogP) is 4.21. The van der Waals surface area contributed by atoms with Gasteiger partial charge < -0.3 is 24.8 Å². The van der Waals surface area contributed by atoms with Crippen molar-refractivity contribution in [2.24, 2.45) is 17.8 Å². The first kappa shape index (κ1) is 30.3. The molecule has 3 aromatic carbocycles. The van der Waals surface area contributed by atoms with Crippen molar-refractivity contribution in [2.45, 2.75) is 58.4 Å². The molecule has 2 fully saturated rings. The van der Waals surface area contributed by atoms with E-state index >= 15 is 0 Å². The normalized spacial score (nSPS) is 23.8. The molecule has 3 aliphatic rings. The van der Waals surface area contributed by atoms with Crippen LogP contribution in [0.15, 0.2) is 77.4 Å². The molecule has 8 nitrogen and oxygen atoms in total. The largest absolute Gasteiger partial charge is 0.507 e. The Morgan fingerprint density at radius 2 is 1.80 bits per heavy atom. The fourth-order valence-electron chi connectivity index (χ4n) is 7.50. The van der Waals surface area contributed by atoms with E-state index in [0.717, 1.165) is 40.3 Å². The lowest BCUT2D eigenvalue weighted by Crippen LogP contribution is -2.46. The number of rotatable bonds is 8. The zero-order valence-electron chi connectivity index (χ0n) is 25.0. The molecule has 10 heteroatoms. The molecule has 44 heavy (non-hydrogen) atoms. The average Bonchev–Trinajstić information content (AvgIpc) is 3.28. The summed E-state index contributed by atoms with van der Waals surface area (Å²) in [5.74, 6) is -1.82. The molecule has 6 rings (SSSR count). The maximum absolute atomic E-state index is 13.9. The second-order valence-electron chi connectivity index (χ2n) is 12.1. The van der Waals surface area contributed by atoms with Gasteiger partial charge in [0, 0.05) is 5.39 Å². The highest BCUT2D eigenvalue weighted by Gasteiger charge is 2.57. The van der Waals surface area contributed by atoms with E-state index in [1.165, 1.54) is 22.6 Å². The van der Waals surface area contributed by atoms with Crippen LogP contribution in [-0.2, 0) is 14.2 Å². The molecule has 0 radical (unpaired) electrons. The number of aromatic hydroxyl groups is 1. The van der Waals surface area contributed by atoms with Crippen LogP contribution >= 0.6 is 0 Å². The van der Waals surface area contributed by atoms with Crippen LogP contribution in [0.3, 0.4) is 0 Å². The van der Waals surface area contributed by atoms with Gasteiger partial charge in [-0.1, -0.05) is 73.5 Å². The first-order chi connectivity index (χ1) is 21.2. The van der Waals surface area contributed by atoms with Gasteiger partial charge in [0.25, 0.3) is 0 Å². The molecule has 4 atom stereocenters. The molecule has 0 unspecified atom stereocenters. The smallest absolute Gasteiger partial charge is 0.488 e. The van der Waals surface area contributed by atoms with Crippen molar-refractivity contribution < 1.29 is 34.4 Å². The summed E-state index contributed by atoms with van der Waals surface area (Å²) in [5, 5.41) is 42.3. The van der Waals surface area contributed by atoms with Gasteiger partial charge >= 0.3 is 14.2 Å². The number of hydrogen-bond donors (Lipinski definition) is 4. The summed E-state index contributed by atoms with van der Waals surface area (Å²) in [6, 6.07) is 17.6. The van der Waals surface area contributed by atoms with Crippen molar-refractivity contribution in [3.8, 4) is 5.75 Å². The molecule has 3 aromatic rings. The molecule has 2 heterocycles. The van der Waals surface area contributed by atoms with Crippen LogP contribution in [0, 0.1) is 17.8 Å². The Morgan fingerprint density at radius 1 is 1.02 bits per heavy atom. The molecular weight excluding hydrogens is 556 g/mol. The van der Waals surface area contributed by atoms with Crippen molar-refractivity contribution in [1.82, 2.24) is 0 Å². The van der Waals surface area contributed by atoms with Crippen LogP contribution in [-0.4, -0.2) is 52.3 Å². The molecule has 0 spiro atoms. The summed E-state index contributed by atoms with van der Waals surface area (Å²) in [6.07, 6.45) is 5.38. The zero-order valence-corrected chi connectivity index (χ0v) is 25.0. The standard InChI is InChI=1S/C34H37B2NO7/c1-3-20(16-22-13-14-29(38)26-11-6-5-10-25(22)26)12-15-30-31-21(4-2)17-27-32(28(31)19-35(41)44-30)34(40)37(33(27)39)24-9-7-8-23(18-24)36(42)43/h5-11,13-14,16,18,27-28,30,32,38,41-43H,3-4,12,15,17,19H2,1-2H3/b20-16+/t27-,28+,30-,32-/m1/s1. The minimum Gasteiger partial charge on any atom is -0.507 e. The first-order valence-corrected chi connectivity index (χ1v) is 15.5. The summed E-state index contributed by atoms with van der Waals surface area (Å²) in [4.78, 5) is 28.9. The van der Waals surface area contributed by atoms with E-state index in [1.807, 2.05) is 30.3 Å². The highest BCUT2D eigenvalue weighted by atomic mass is 16.5. The van der Waals surface area contributed by atoms with Gasteiger partial charge in [-0.25, -0.2) is 0 Å². The first-order valence-electron chi connectivity index (χ1n) is 15.5. The number of hydrogen-bond acceptors (Lipinski definition) is 7. The van der Waals surface area contributed by atoms with E-state index in [9.17, 15) is 29.8 Å². The number of amides is 2. The van der Waals surface area contributed by atoms with Gasteiger partial charge in [-0.05, 0) is 84.5 Å². The number of anilines is 1. The molecule has 1 aliphatic carbocycles. The third kappa shape index (κ3) is 5.41. The molecule has 2 saturated heterocycles. The minimum absolute atomic E-state index is 0.202. The Bertz CT molecular complexity index is 1670. The Kier molecular flexibility index (Phi) is 8.53. The summed E-state index contributed by atoms with van der Waals surface area (Å²) in [7, 11) is -2.77. The van der Waals surface area contributed by atoms with E-state index in [4.69, 9.17) is 4.65 Å². The lowest BCUT2D eigenvalue weighted by Gasteiger charge is -2.43. The van der Waals surface area contributed by atoms with Crippen LogP contribution in [0.25, 0.3) is 16.8 Å². The predicted molar refractivity (Wildman–Crippen MR) is 172 cm³/mol. The molecule has 4 N–H and O–H groups in total. The van der Waals surface area contributed by atoms with Crippen molar-refractivity contribution in [2.75, 3.05) is 4.90 Å². The van der Waals surface area contributed by atoms with Gasteiger partial charge in [-0.2, -0.15) is 0 Å². The van der Waals surface area contributed by atoms with E-state index < -0.39 is 26.1 Å². The molecule has 0 bridgehead atoms. The average molecular weight is 593 g/mol. The third-order valence-electron chi connectivity index (χ3n) is 9.64. The van der Waals surface area contributed by atoms with E-state index in [0.29, 0.717) is 24.9 Å². The van der Waals surface area contributed by atoms with Gasteiger partial charge in [-0.15, -0.1) is 0 Å². The number of benzene rings is 3. The second-order valence-corrected chi connectivity index (χ2v) is 12.1. The van der Waals surface area contributed by atoms with Crippen LogP contribution in [0.2, 0.25) is 6.32 Å². The van der Waals surface area contributed by atoms with Gasteiger partial charge in [0.1, 0.15) is 5.75 Å². The number of carbonyl (C=O) groups is 2. The Hall–Kier alpha value is -3.69. The maximum atomic E-state index is 13.9. The maximum Gasteiger partial charge on any atom is 0.488 e. The van der Waals surface area contributed by atoms with Crippen LogP contribution in [0.4, 0.5) is 5.69 Å². The molecule has 226 valence electrons. The number of fused-ring (bicyclic) bond motifs is 4. The molecule has 2 amide bonds. The van der Waals surface area contributed by atoms with Crippen LogP contribution in [0.1, 0.15) is 51.5 Å². The topological polar surface area (TPSA) is 128 Å². The van der Waals surface area contributed by atoms with Crippen molar-refractivity contribution >= 4 is 54.0 Å². The monoisotopic (exact) mass is 593 g/mol. The van der Waals surface area contributed by atoms with Crippen molar-refractivity contribution in [3.63, 3.8) is 0 Å².